The van der Waals surface area contributed by atoms with Crippen molar-refractivity contribution in [3.8, 4) is 74.5 Å². The predicted molar refractivity (Wildman–Crippen MR) is 284 cm³/mol. The summed E-state index contributed by atoms with van der Waals surface area (Å²) < 4.78 is 39.3. The van der Waals surface area contributed by atoms with Crippen molar-refractivity contribution < 1.29 is 64.5 Å². The monoisotopic (exact) mass is 944 g/mol. The zero-order valence-corrected chi connectivity index (χ0v) is 42.9. The number of methoxy groups -OCH3 is 3. The third kappa shape index (κ3) is 16.5. The summed E-state index contributed by atoms with van der Waals surface area (Å²) >= 11 is 0. The zero-order valence-electron chi connectivity index (χ0n) is 45.9. The molecule has 358 valence electrons. The van der Waals surface area contributed by atoms with Crippen LogP contribution in [-0.2, 0) is 21.1 Å². The normalized spacial score (nSPS) is 9.25. The first-order valence-corrected chi connectivity index (χ1v) is 22.5. The predicted octanol–water partition coefficient (Wildman–Crippen LogP) is 8.50. The van der Waals surface area contributed by atoms with E-state index in [9.17, 15) is 0 Å². The van der Waals surface area contributed by atoms with Gasteiger partial charge < -0.3 is 31.7 Å². The molecule has 0 bridgehead atoms. The number of fused-ring (bicyclic) bond motifs is 1. The van der Waals surface area contributed by atoms with E-state index in [4.69, 9.17) is 27.5 Å². The van der Waals surface area contributed by atoms with Crippen LogP contribution in [0.4, 0.5) is 0 Å². The molecule has 0 saturated carbocycles. The molecule has 9 rings (SSSR count). The molecule has 0 aliphatic rings. The van der Waals surface area contributed by atoms with Gasteiger partial charge in [0.1, 0.15) is 41.0 Å². The van der Waals surface area contributed by atoms with Gasteiger partial charge in [0.2, 0.25) is 5.58 Å². The number of benzene rings is 6. The van der Waals surface area contributed by atoms with Crippen LogP contribution in [0.2, 0.25) is 0 Å². The van der Waals surface area contributed by atoms with Crippen LogP contribution in [0.5, 0.6) is 17.2 Å². The average molecular weight is 944 g/mol. The number of rotatable bonds is 8. The van der Waals surface area contributed by atoms with Crippen LogP contribution in [-0.4, -0.2) is 59.0 Å². The van der Waals surface area contributed by atoms with Gasteiger partial charge in [-0.15, -0.1) is 0 Å². The van der Waals surface area contributed by atoms with Gasteiger partial charge in [0, 0.05) is 27.4 Å². The molecule has 0 amide bonds. The molecular formula is C55H74AlBeLiN5O6+3. The number of nitrogens with zero attached hydrogens (tertiary/aromatic N) is 5. The van der Waals surface area contributed by atoms with Crippen molar-refractivity contribution >= 4 is 38.6 Å². The molecule has 3 heterocycles. The summed E-state index contributed by atoms with van der Waals surface area (Å²) in [5.41, 5.74) is 6.56. The molecule has 0 unspecified atom stereocenters. The van der Waals surface area contributed by atoms with Crippen LogP contribution in [0, 0.1) is 0 Å². The molecule has 0 radical (unpaired) electrons. The van der Waals surface area contributed by atoms with Crippen molar-refractivity contribution in [1.82, 2.24) is 10.2 Å². The second kappa shape index (κ2) is 34.1. The minimum atomic E-state index is 0. The van der Waals surface area contributed by atoms with Crippen LogP contribution < -0.4 is 47.0 Å². The second-order valence-corrected chi connectivity index (χ2v) is 12.9. The molecule has 0 fully saturated rings. The Labute approximate surface area is 441 Å². The van der Waals surface area contributed by atoms with E-state index < -0.39 is 0 Å². The molecule has 0 aliphatic carbocycles. The number of para-hydroxylation sites is 5. The summed E-state index contributed by atoms with van der Waals surface area (Å²) in [7, 11) is 10.7. The molecule has 69 heavy (non-hydrogen) atoms. The summed E-state index contributed by atoms with van der Waals surface area (Å²) in [4.78, 5) is 0. The van der Waals surface area contributed by atoms with Crippen molar-refractivity contribution in [1.29, 1.82) is 0 Å². The summed E-state index contributed by atoms with van der Waals surface area (Å²) in [6.45, 7) is 16.0. The third-order valence-corrected chi connectivity index (χ3v) is 9.25. The van der Waals surface area contributed by atoms with Crippen molar-refractivity contribution in [3.05, 3.63) is 158 Å². The molecule has 0 saturated heterocycles. The van der Waals surface area contributed by atoms with Crippen LogP contribution in [0.25, 0.3) is 68.4 Å². The van der Waals surface area contributed by atoms with E-state index in [1.54, 1.807) is 30.7 Å². The van der Waals surface area contributed by atoms with E-state index >= 15 is 0 Å². The minimum Gasteiger partial charge on any atom is -1.00 e. The van der Waals surface area contributed by atoms with E-state index in [1.165, 1.54) is 0 Å². The quantitative estimate of drug-likeness (QED) is 0.110. The van der Waals surface area contributed by atoms with Crippen molar-refractivity contribution in [2.45, 2.75) is 55.4 Å². The van der Waals surface area contributed by atoms with Gasteiger partial charge in [-0.2, -0.15) is 4.57 Å². The van der Waals surface area contributed by atoms with Gasteiger partial charge >= 0.3 is 46.7 Å². The van der Waals surface area contributed by atoms with E-state index in [0.29, 0.717) is 23.6 Å². The Bertz CT molecular complexity index is 2660. The van der Waals surface area contributed by atoms with Gasteiger partial charge in [-0.3, -0.25) is 0 Å². The molecule has 0 N–H and O–H groups in total. The number of aryl methyl sites for hydroxylation is 3. The summed E-state index contributed by atoms with van der Waals surface area (Å²) in [6.07, 6.45) is 0. The maximum Gasteiger partial charge on any atom is 2.00 e. The minimum absolute atomic E-state index is 0. The number of hydrogen-bond donors (Lipinski definition) is 0. The summed E-state index contributed by atoms with van der Waals surface area (Å²) in [5.74, 6) is 5.66. The maximum atomic E-state index is 5.91. The van der Waals surface area contributed by atoms with E-state index in [-0.39, 0.29) is 50.6 Å². The fraction of sp³-hybridized carbons (Fsp3) is 0.255. The first-order chi connectivity index (χ1) is 32.4. The largest absolute Gasteiger partial charge is 2.00 e. The van der Waals surface area contributed by atoms with E-state index in [1.807, 2.05) is 239 Å². The van der Waals surface area contributed by atoms with Crippen molar-refractivity contribution in [2.24, 2.45) is 21.1 Å². The summed E-state index contributed by atoms with van der Waals surface area (Å²) in [6, 6.07) is 50.9. The standard InChI is InChI=1S/2C16H15N2O2.C15H14NO2.4C2H6.Al.Be.Li.6H/c2*1-18-16(13-10-6-7-11-14(13)19-2)20-15(17-18)12-8-4-3-5-9-12;1-16-12-8-4-6-10-14(12)18-15(16)11-7-3-5-9-13(11)17-2;4*1-2;;;;;;;;;/h2*3-11H,1-2H3;3-10H,1-2H3;4*1-2H3;;;;;;;;;/q3*+1;;;;;;+2;+1;;;;3*-1. The van der Waals surface area contributed by atoms with Gasteiger partial charge in [-0.25, -0.2) is 0 Å². The fourth-order valence-electron chi connectivity index (χ4n) is 6.37. The third-order valence-electron chi connectivity index (χ3n) is 9.25. The zero-order chi connectivity index (χ0) is 48.4. The fourth-order valence-corrected chi connectivity index (χ4v) is 6.37. The molecule has 14 heteroatoms. The van der Waals surface area contributed by atoms with Crippen molar-refractivity contribution in [3.63, 3.8) is 0 Å². The van der Waals surface area contributed by atoms with Gasteiger partial charge in [-0.1, -0.05) is 140 Å². The van der Waals surface area contributed by atoms with Crippen LogP contribution in [0.1, 0.15) is 59.7 Å². The first kappa shape index (κ1) is 62.8. The Balaban J connectivity index is -0.000000433. The Hall–Kier alpha value is -6.23. The Morgan fingerprint density at radius 2 is 0.710 bits per heavy atom. The maximum absolute atomic E-state index is 5.91. The van der Waals surface area contributed by atoms with Crippen LogP contribution >= 0.6 is 0 Å². The Morgan fingerprint density at radius 3 is 1.06 bits per heavy atom. The number of ether oxygens (including phenoxy) is 3. The molecule has 0 spiro atoms. The molecule has 6 aromatic carbocycles. The van der Waals surface area contributed by atoms with Gasteiger partial charge in [-0.05, 0) is 76.1 Å². The summed E-state index contributed by atoms with van der Waals surface area (Å²) in [5, 5.41) is 8.85. The average Bonchev–Trinajstić information content (AvgIpc) is 4.10. The molecule has 11 nitrogen and oxygen atoms in total. The number of aromatic nitrogens is 5. The SMILES string of the molecule is CC.CC.CC.CC.COc1ccccc1-c1oc(-c2ccccc2)n[n+]1C.COc1ccccc1-c1oc(-c2ccccc2)n[n+]1C.COc1ccccc1-c1oc2ccccc2[n+]1C.[AlH3].[Be+2].[H-].[H-].[H-].[Li+]. The van der Waals surface area contributed by atoms with Gasteiger partial charge in [0.05, 0.1) is 21.3 Å². The first-order valence-electron chi connectivity index (χ1n) is 22.5. The molecule has 0 aliphatic heterocycles. The van der Waals surface area contributed by atoms with Gasteiger partial charge in [0.15, 0.2) is 31.5 Å². The topological polar surface area (TPSA) is 105 Å². The van der Waals surface area contributed by atoms with E-state index in [2.05, 4.69) is 10.2 Å². The Morgan fingerprint density at radius 1 is 0.406 bits per heavy atom. The van der Waals surface area contributed by atoms with Crippen LogP contribution in [0.15, 0.2) is 171 Å². The Kier molecular flexibility index (Phi) is 31.0. The molecule has 0 atom stereocenters. The van der Waals surface area contributed by atoms with Gasteiger partial charge in [0.25, 0.3) is 17.3 Å². The molecular weight excluding hydrogens is 870 g/mol. The van der Waals surface area contributed by atoms with Crippen LogP contribution in [0.3, 0.4) is 0 Å². The molecule has 9 aromatic rings. The second-order valence-electron chi connectivity index (χ2n) is 12.9. The van der Waals surface area contributed by atoms with Crippen molar-refractivity contribution in [2.75, 3.05) is 21.3 Å². The number of oxazole rings is 1. The smallest absolute Gasteiger partial charge is 1.00 e. The molecule has 3 aromatic heterocycles. The van der Waals surface area contributed by atoms with E-state index in [0.717, 1.165) is 62.1 Å². The number of hydrogen-bond acceptors (Lipinski definition) is 8.